The van der Waals surface area contributed by atoms with Crippen molar-refractivity contribution in [2.24, 2.45) is 0 Å². The Bertz CT molecular complexity index is 362. The number of aryl methyl sites for hydroxylation is 1. The fourth-order valence-corrected chi connectivity index (χ4v) is 1.91. The van der Waals surface area contributed by atoms with Gasteiger partial charge in [-0.3, -0.25) is 14.4 Å². The molecule has 5 nitrogen and oxygen atoms in total. The number of carbonyl (C=O) groups is 1. The lowest BCUT2D eigenvalue weighted by atomic mass is 10.2. The van der Waals surface area contributed by atoms with Gasteiger partial charge in [-0.05, 0) is 19.9 Å². The second kappa shape index (κ2) is 6.39. The normalized spacial score (nSPS) is 12.9. The van der Waals surface area contributed by atoms with Crippen molar-refractivity contribution in [3.05, 3.63) is 18.0 Å². The predicted molar refractivity (Wildman–Crippen MR) is 65.7 cm³/mol. The summed E-state index contributed by atoms with van der Waals surface area (Å²) in [6.45, 7) is 5.51. The maximum atomic E-state index is 11.0. The average Bonchev–Trinajstić information content (AvgIpc) is 2.66. The molecule has 1 N–H and O–H groups in total. The molecular weight excluding hydrogens is 218 g/mol. The number of aliphatic carboxylic acids is 1. The molecule has 0 aliphatic rings. The van der Waals surface area contributed by atoms with Crippen LogP contribution in [0, 0.1) is 0 Å². The molecule has 0 spiro atoms. The maximum Gasteiger partial charge on any atom is 0.320 e. The minimum atomic E-state index is -0.768. The fourth-order valence-electron chi connectivity index (χ4n) is 1.91. The molecule has 17 heavy (non-hydrogen) atoms. The van der Waals surface area contributed by atoms with Crippen molar-refractivity contribution in [2.75, 3.05) is 7.05 Å². The summed E-state index contributed by atoms with van der Waals surface area (Å²) < 4.78 is 1.89. The molecule has 1 atom stereocenters. The third kappa shape index (κ3) is 3.85. The van der Waals surface area contributed by atoms with Crippen LogP contribution in [-0.4, -0.2) is 38.8 Å². The van der Waals surface area contributed by atoms with E-state index in [1.54, 1.807) is 6.20 Å². The van der Waals surface area contributed by atoms with E-state index in [0.717, 1.165) is 18.5 Å². The van der Waals surface area contributed by atoms with Crippen molar-refractivity contribution in [1.29, 1.82) is 0 Å². The van der Waals surface area contributed by atoms with Crippen LogP contribution >= 0.6 is 0 Å². The molecule has 96 valence electrons. The van der Waals surface area contributed by atoms with Gasteiger partial charge in [0.15, 0.2) is 0 Å². The van der Waals surface area contributed by atoms with Crippen LogP contribution < -0.4 is 0 Å². The van der Waals surface area contributed by atoms with Gasteiger partial charge in [-0.2, -0.15) is 5.10 Å². The van der Waals surface area contributed by atoms with E-state index < -0.39 is 12.0 Å². The van der Waals surface area contributed by atoms with E-state index in [1.807, 2.05) is 29.7 Å². The maximum absolute atomic E-state index is 11.0. The van der Waals surface area contributed by atoms with E-state index in [9.17, 15) is 4.79 Å². The Labute approximate surface area is 102 Å². The number of rotatable bonds is 7. The van der Waals surface area contributed by atoms with Gasteiger partial charge in [0.25, 0.3) is 0 Å². The molecule has 0 saturated carbocycles. The molecule has 0 amide bonds. The Morgan fingerprint density at radius 2 is 2.29 bits per heavy atom. The molecule has 0 radical (unpaired) electrons. The number of hydrogen-bond donors (Lipinski definition) is 1. The molecule has 0 fully saturated rings. The van der Waals surface area contributed by atoms with Crippen molar-refractivity contribution in [3.8, 4) is 0 Å². The second-order valence-electron chi connectivity index (χ2n) is 4.29. The summed E-state index contributed by atoms with van der Waals surface area (Å²) in [6, 6.07) is -0.426. The number of carboxylic acid groups (broad SMARTS) is 1. The van der Waals surface area contributed by atoms with Crippen LogP contribution in [0.4, 0.5) is 0 Å². The Kier molecular flexibility index (Phi) is 5.15. The number of nitrogens with zero attached hydrogens (tertiary/aromatic N) is 3. The molecule has 0 aliphatic heterocycles. The van der Waals surface area contributed by atoms with E-state index in [-0.39, 0.29) is 0 Å². The summed E-state index contributed by atoms with van der Waals surface area (Å²) in [5.74, 6) is -0.768. The first-order valence-corrected chi connectivity index (χ1v) is 6.02. The lowest BCUT2D eigenvalue weighted by molar-refractivity contribution is -0.143. The van der Waals surface area contributed by atoms with Crippen molar-refractivity contribution >= 4 is 5.97 Å². The Morgan fingerprint density at radius 3 is 2.82 bits per heavy atom. The molecular formula is C12H21N3O2. The summed E-state index contributed by atoms with van der Waals surface area (Å²) in [5, 5.41) is 13.3. The lowest BCUT2D eigenvalue weighted by Crippen LogP contribution is -2.37. The fraction of sp³-hybridized carbons (Fsp3) is 0.667. The molecule has 5 heteroatoms. The van der Waals surface area contributed by atoms with Gasteiger partial charge in [0.1, 0.15) is 6.04 Å². The van der Waals surface area contributed by atoms with Crippen LogP contribution in [-0.2, 0) is 17.9 Å². The van der Waals surface area contributed by atoms with Crippen LogP contribution in [0.15, 0.2) is 12.4 Å². The lowest BCUT2D eigenvalue weighted by Gasteiger charge is -2.22. The molecule has 0 aromatic carbocycles. The average molecular weight is 239 g/mol. The van der Waals surface area contributed by atoms with E-state index >= 15 is 0 Å². The summed E-state index contributed by atoms with van der Waals surface area (Å²) in [7, 11) is 1.83. The zero-order valence-corrected chi connectivity index (χ0v) is 10.8. The van der Waals surface area contributed by atoms with Crippen molar-refractivity contribution in [2.45, 2.75) is 45.8 Å². The Balaban J connectivity index is 2.59. The SMILES string of the molecule is CCCn1cc(CN(C)C(CC)C(=O)O)cn1. The van der Waals surface area contributed by atoms with E-state index in [0.29, 0.717) is 13.0 Å². The second-order valence-corrected chi connectivity index (χ2v) is 4.29. The van der Waals surface area contributed by atoms with E-state index in [2.05, 4.69) is 12.0 Å². The van der Waals surface area contributed by atoms with Crippen molar-refractivity contribution in [1.82, 2.24) is 14.7 Å². The van der Waals surface area contributed by atoms with Crippen LogP contribution in [0.2, 0.25) is 0 Å². The van der Waals surface area contributed by atoms with Crippen LogP contribution in [0.5, 0.6) is 0 Å². The third-order valence-electron chi connectivity index (χ3n) is 2.78. The molecule has 1 unspecified atom stereocenters. The van der Waals surface area contributed by atoms with Gasteiger partial charge in [0, 0.05) is 24.8 Å². The highest BCUT2D eigenvalue weighted by molar-refractivity contribution is 5.73. The summed E-state index contributed by atoms with van der Waals surface area (Å²) >= 11 is 0. The molecule has 1 rings (SSSR count). The highest BCUT2D eigenvalue weighted by Crippen LogP contribution is 2.08. The zero-order valence-electron chi connectivity index (χ0n) is 10.8. The predicted octanol–water partition coefficient (Wildman–Crippen LogP) is 1.59. The minimum Gasteiger partial charge on any atom is -0.480 e. The van der Waals surface area contributed by atoms with Crippen molar-refractivity contribution < 1.29 is 9.90 Å². The standard InChI is InChI=1S/C12H21N3O2/c1-4-6-15-9-10(7-13-15)8-14(3)11(5-2)12(16)17/h7,9,11H,4-6,8H2,1-3H3,(H,16,17). The summed E-state index contributed by atoms with van der Waals surface area (Å²) in [4.78, 5) is 12.9. The van der Waals surface area contributed by atoms with Gasteiger partial charge in [-0.25, -0.2) is 0 Å². The quantitative estimate of drug-likeness (QED) is 0.785. The highest BCUT2D eigenvalue weighted by atomic mass is 16.4. The van der Waals surface area contributed by atoms with E-state index in [1.165, 1.54) is 0 Å². The smallest absolute Gasteiger partial charge is 0.320 e. The van der Waals surface area contributed by atoms with Gasteiger partial charge in [0.05, 0.1) is 6.20 Å². The first-order valence-electron chi connectivity index (χ1n) is 6.02. The molecule has 0 bridgehead atoms. The first kappa shape index (κ1) is 13.7. The Morgan fingerprint density at radius 1 is 1.59 bits per heavy atom. The molecule has 0 aliphatic carbocycles. The van der Waals surface area contributed by atoms with Crippen molar-refractivity contribution in [3.63, 3.8) is 0 Å². The molecule has 0 saturated heterocycles. The van der Waals surface area contributed by atoms with Gasteiger partial charge in [-0.1, -0.05) is 13.8 Å². The number of carboxylic acids is 1. The number of aromatic nitrogens is 2. The molecule has 1 heterocycles. The molecule has 1 aromatic rings. The molecule has 1 aromatic heterocycles. The zero-order chi connectivity index (χ0) is 12.8. The van der Waals surface area contributed by atoms with Crippen LogP contribution in [0.25, 0.3) is 0 Å². The van der Waals surface area contributed by atoms with Crippen LogP contribution in [0.3, 0.4) is 0 Å². The van der Waals surface area contributed by atoms with Crippen LogP contribution in [0.1, 0.15) is 32.3 Å². The largest absolute Gasteiger partial charge is 0.480 e. The third-order valence-corrected chi connectivity index (χ3v) is 2.78. The van der Waals surface area contributed by atoms with E-state index in [4.69, 9.17) is 5.11 Å². The van der Waals surface area contributed by atoms with Gasteiger partial charge >= 0.3 is 5.97 Å². The van der Waals surface area contributed by atoms with Gasteiger partial charge in [0.2, 0.25) is 0 Å². The number of hydrogen-bond acceptors (Lipinski definition) is 3. The minimum absolute atomic E-state index is 0.426. The first-order chi connectivity index (χ1) is 8.08. The topological polar surface area (TPSA) is 58.4 Å². The van der Waals surface area contributed by atoms with Gasteiger partial charge in [-0.15, -0.1) is 0 Å². The Hall–Kier alpha value is -1.36. The number of likely N-dealkylation sites (N-methyl/N-ethyl adjacent to an activating group) is 1. The summed E-state index contributed by atoms with van der Waals surface area (Å²) in [6.07, 6.45) is 5.44. The monoisotopic (exact) mass is 239 g/mol. The van der Waals surface area contributed by atoms with Gasteiger partial charge < -0.3 is 5.11 Å². The summed E-state index contributed by atoms with van der Waals surface area (Å²) in [5.41, 5.74) is 1.06. The highest BCUT2D eigenvalue weighted by Gasteiger charge is 2.20.